The van der Waals surface area contributed by atoms with Gasteiger partial charge in [0.05, 0.1) is 10.8 Å². The summed E-state index contributed by atoms with van der Waals surface area (Å²) in [6, 6.07) is 4.51. The van der Waals surface area contributed by atoms with E-state index in [1.807, 2.05) is 0 Å². The largest absolute Gasteiger partial charge is 0.295 e. The zero-order valence-corrected chi connectivity index (χ0v) is 10.9. The molecule has 1 N–H and O–H groups in total. The number of nitro benzene ring substituents is 1. The molecule has 0 spiro atoms. The van der Waals surface area contributed by atoms with Crippen molar-refractivity contribution in [3.63, 3.8) is 0 Å². The molecule has 2 atom stereocenters. The fraction of sp³-hybridized carbons (Fsp3) is 0.273. The molecule has 94 valence electrons. The van der Waals surface area contributed by atoms with Gasteiger partial charge in [-0.1, -0.05) is 27.6 Å². The van der Waals surface area contributed by atoms with E-state index in [1.165, 1.54) is 6.07 Å². The van der Waals surface area contributed by atoms with E-state index in [-0.39, 0.29) is 11.3 Å². The van der Waals surface area contributed by atoms with Crippen molar-refractivity contribution in [1.82, 2.24) is 5.32 Å². The molecule has 0 aliphatic carbocycles. The van der Waals surface area contributed by atoms with Gasteiger partial charge in [0.15, 0.2) is 0 Å². The smallest absolute Gasteiger partial charge is 0.273 e. The highest BCUT2D eigenvalue weighted by molar-refractivity contribution is 9.10. The molecule has 1 fully saturated rings. The minimum absolute atomic E-state index is 0.153. The summed E-state index contributed by atoms with van der Waals surface area (Å²) in [4.78, 5) is 32.7. The fourth-order valence-electron chi connectivity index (χ4n) is 1.94. The van der Waals surface area contributed by atoms with Crippen LogP contribution < -0.4 is 5.32 Å². The van der Waals surface area contributed by atoms with Crippen molar-refractivity contribution in [2.24, 2.45) is 0 Å². The monoisotopic (exact) mass is 312 g/mol. The number of rotatable bonds is 2. The van der Waals surface area contributed by atoms with Gasteiger partial charge in [-0.05, 0) is 13.0 Å². The van der Waals surface area contributed by atoms with Gasteiger partial charge < -0.3 is 0 Å². The molecule has 7 heteroatoms. The number of aryl methyl sites for hydroxylation is 1. The summed E-state index contributed by atoms with van der Waals surface area (Å²) in [5.74, 6) is -1.85. The van der Waals surface area contributed by atoms with Crippen molar-refractivity contribution < 1.29 is 14.5 Å². The Morgan fingerprint density at radius 1 is 1.33 bits per heavy atom. The van der Waals surface area contributed by atoms with E-state index in [2.05, 4.69) is 21.2 Å². The molecule has 18 heavy (non-hydrogen) atoms. The lowest BCUT2D eigenvalue weighted by atomic mass is 9.94. The third-order valence-electron chi connectivity index (χ3n) is 2.79. The molecular formula is C11H9BrN2O4. The van der Waals surface area contributed by atoms with Gasteiger partial charge in [-0.15, -0.1) is 0 Å². The normalized spacial score (nSPS) is 23.0. The second kappa shape index (κ2) is 4.49. The van der Waals surface area contributed by atoms with Crippen molar-refractivity contribution in [2.75, 3.05) is 0 Å². The average Bonchev–Trinajstić information content (AvgIpc) is 2.52. The Labute approximate surface area is 111 Å². The number of alkyl halides is 1. The number of imide groups is 1. The Balaban J connectivity index is 2.56. The molecule has 1 saturated heterocycles. The Morgan fingerprint density at radius 2 is 2.00 bits per heavy atom. The van der Waals surface area contributed by atoms with Crippen LogP contribution in [0.2, 0.25) is 0 Å². The third-order valence-corrected chi connectivity index (χ3v) is 3.73. The molecule has 2 amide bonds. The van der Waals surface area contributed by atoms with E-state index in [1.54, 1.807) is 19.1 Å². The van der Waals surface area contributed by atoms with Crippen LogP contribution >= 0.6 is 15.9 Å². The number of benzene rings is 1. The van der Waals surface area contributed by atoms with E-state index in [9.17, 15) is 19.7 Å². The van der Waals surface area contributed by atoms with E-state index >= 15 is 0 Å². The number of nitrogens with one attached hydrogen (secondary N) is 1. The van der Waals surface area contributed by atoms with Gasteiger partial charge in [-0.3, -0.25) is 25.0 Å². The van der Waals surface area contributed by atoms with Gasteiger partial charge in [0, 0.05) is 11.6 Å². The van der Waals surface area contributed by atoms with Gasteiger partial charge in [0.2, 0.25) is 11.8 Å². The number of carbonyl (C=O) groups excluding carboxylic acids is 2. The molecule has 1 aliphatic rings. The molecule has 2 rings (SSSR count). The maximum atomic E-state index is 11.7. The SMILES string of the molecule is Cc1ccc([N+](=O)[O-])c(C2C(=O)NC(=O)C2Br)c1. The molecule has 0 saturated carbocycles. The molecule has 0 radical (unpaired) electrons. The molecule has 0 aromatic heterocycles. The zero-order valence-electron chi connectivity index (χ0n) is 9.34. The van der Waals surface area contributed by atoms with E-state index < -0.39 is 27.5 Å². The molecule has 1 heterocycles. The predicted molar refractivity (Wildman–Crippen MR) is 66.4 cm³/mol. The lowest BCUT2D eigenvalue weighted by Crippen LogP contribution is -2.22. The Hall–Kier alpha value is -1.76. The fourth-order valence-corrected chi connectivity index (χ4v) is 2.58. The summed E-state index contributed by atoms with van der Waals surface area (Å²) >= 11 is 3.10. The molecular weight excluding hydrogens is 304 g/mol. The maximum absolute atomic E-state index is 11.7. The van der Waals surface area contributed by atoms with Crippen LogP contribution in [-0.2, 0) is 9.59 Å². The first-order chi connectivity index (χ1) is 8.41. The zero-order chi connectivity index (χ0) is 13.4. The highest BCUT2D eigenvalue weighted by Crippen LogP contribution is 2.35. The number of halogens is 1. The van der Waals surface area contributed by atoms with Crippen molar-refractivity contribution in [3.8, 4) is 0 Å². The Bertz CT molecular complexity index is 558. The Morgan fingerprint density at radius 3 is 2.50 bits per heavy atom. The highest BCUT2D eigenvalue weighted by atomic mass is 79.9. The molecule has 6 nitrogen and oxygen atoms in total. The average molecular weight is 313 g/mol. The first kappa shape index (κ1) is 12.7. The summed E-state index contributed by atoms with van der Waals surface area (Å²) in [5.41, 5.74) is 0.896. The quantitative estimate of drug-likeness (QED) is 0.387. The predicted octanol–water partition coefficient (Wildman–Crippen LogP) is 1.41. The standard InChI is InChI=1S/C11H9BrN2O4/c1-5-2-3-7(14(17)18)6(4-5)8-9(12)11(16)13-10(8)15/h2-4,8-9H,1H3,(H,13,15,16). The van der Waals surface area contributed by atoms with E-state index in [0.29, 0.717) is 0 Å². The molecule has 1 aliphatic heterocycles. The number of carbonyl (C=O) groups is 2. The minimum Gasteiger partial charge on any atom is -0.295 e. The third kappa shape index (κ3) is 2.01. The summed E-state index contributed by atoms with van der Waals surface area (Å²) in [7, 11) is 0. The van der Waals surface area contributed by atoms with Gasteiger partial charge in [-0.25, -0.2) is 0 Å². The van der Waals surface area contributed by atoms with Crippen LogP contribution in [0.5, 0.6) is 0 Å². The van der Waals surface area contributed by atoms with E-state index in [0.717, 1.165) is 5.56 Å². The number of amides is 2. The van der Waals surface area contributed by atoms with Gasteiger partial charge in [-0.2, -0.15) is 0 Å². The maximum Gasteiger partial charge on any atom is 0.273 e. The van der Waals surface area contributed by atoms with Crippen molar-refractivity contribution in [2.45, 2.75) is 17.7 Å². The van der Waals surface area contributed by atoms with Gasteiger partial charge in [0.25, 0.3) is 5.69 Å². The van der Waals surface area contributed by atoms with Crippen LogP contribution in [-0.4, -0.2) is 21.6 Å². The van der Waals surface area contributed by atoms with Crippen LogP contribution in [0, 0.1) is 17.0 Å². The van der Waals surface area contributed by atoms with Crippen molar-refractivity contribution in [3.05, 3.63) is 39.4 Å². The molecule has 1 aromatic carbocycles. The first-order valence-electron chi connectivity index (χ1n) is 5.15. The minimum atomic E-state index is -0.863. The molecule has 0 bridgehead atoms. The van der Waals surface area contributed by atoms with Crippen molar-refractivity contribution >= 4 is 33.4 Å². The number of hydrogen-bond acceptors (Lipinski definition) is 4. The van der Waals surface area contributed by atoms with Crippen LogP contribution in [0.4, 0.5) is 5.69 Å². The number of nitro groups is 1. The second-order valence-electron chi connectivity index (χ2n) is 4.05. The highest BCUT2D eigenvalue weighted by Gasteiger charge is 2.43. The molecule has 1 aromatic rings. The molecule has 2 unspecified atom stereocenters. The second-order valence-corrected chi connectivity index (χ2v) is 5.04. The van der Waals surface area contributed by atoms with Crippen LogP contribution in [0.25, 0.3) is 0 Å². The van der Waals surface area contributed by atoms with E-state index in [4.69, 9.17) is 0 Å². The summed E-state index contributed by atoms with van der Waals surface area (Å²) in [6.07, 6.45) is 0. The summed E-state index contributed by atoms with van der Waals surface area (Å²) < 4.78 is 0. The van der Waals surface area contributed by atoms with Crippen molar-refractivity contribution in [1.29, 1.82) is 0 Å². The first-order valence-corrected chi connectivity index (χ1v) is 6.07. The number of nitrogens with zero attached hydrogens (tertiary/aromatic N) is 1. The summed E-state index contributed by atoms with van der Waals surface area (Å²) in [5, 5.41) is 13.1. The lowest BCUT2D eigenvalue weighted by Gasteiger charge is -2.11. The topological polar surface area (TPSA) is 89.3 Å². The lowest BCUT2D eigenvalue weighted by molar-refractivity contribution is -0.385. The van der Waals surface area contributed by atoms with Crippen LogP contribution in [0.15, 0.2) is 18.2 Å². The van der Waals surface area contributed by atoms with Crippen LogP contribution in [0.3, 0.4) is 0 Å². The summed E-state index contributed by atoms with van der Waals surface area (Å²) in [6.45, 7) is 1.77. The number of hydrogen-bond donors (Lipinski definition) is 1. The van der Waals surface area contributed by atoms with Gasteiger partial charge in [0.1, 0.15) is 4.83 Å². The van der Waals surface area contributed by atoms with Crippen LogP contribution in [0.1, 0.15) is 17.0 Å². The Kier molecular flexibility index (Phi) is 3.16. The van der Waals surface area contributed by atoms with Gasteiger partial charge >= 0.3 is 0 Å².